The normalized spacial score (nSPS) is 23.5. The third-order valence-electron chi connectivity index (χ3n) is 4.75. The number of nitrogens with zero attached hydrogens (tertiary/aromatic N) is 2. The summed E-state index contributed by atoms with van der Waals surface area (Å²) in [6.07, 6.45) is 3.27. The van der Waals surface area contributed by atoms with E-state index in [1.54, 1.807) is 14.2 Å². The highest BCUT2D eigenvalue weighted by Gasteiger charge is 2.35. The molecule has 2 aliphatic rings. The van der Waals surface area contributed by atoms with Crippen LogP contribution in [0.1, 0.15) is 38.2 Å². The van der Waals surface area contributed by atoms with E-state index >= 15 is 0 Å². The van der Waals surface area contributed by atoms with Crippen molar-refractivity contribution < 1.29 is 19.1 Å². The van der Waals surface area contributed by atoms with Crippen molar-refractivity contribution in [3.63, 3.8) is 0 Å². The van der Waals surface area contributed by atoms with Crippen molar-refractivity contribution in [2.45, 2.75) is 44.8 Å². The van der Waals surface area contributed by atoms with E-state index in [2.05, 4.69) is 12.1 Å². The molecule has 0 spiro atoms. The van der Waals surface area contributed by atoms with Crippen molar-refractivity contribution in [1.29, 1.82) is 0 Å². The van der Waals surface area contributed by atoms with Gasteiger partial charge in [0, 0.05) is 24.6 Å². The first-order chi connectivity index (χ1) is 11.6. The Bertz CT molecular complexity index is 644. The summed E-state index contributed by atoms with van der Waals surface area (Å²) in [6.45, 7) is 2.91. The first-order valence-electron chi connectivity index (χ1n) is 8.39. The maximum Gasteiger partial charge on any atom is 0.267 e. The van der Waals surface area contributed by atoms with Gasteiger partial charge in [-0.05, 0) is 44.4 Å². The van der Waals surface area contributed by atoms with E-state index in [1.165, 1.54) is 6.42 Å². The van der Waals surface area contributed by atoms with Crippen molar-refractivity contribution in [3.05, 3.63) is 23.8 Å². The Morgan fingerprint density at radius 2 is 2.04 bits per heavy atom. The van der Waals surface area contributed by atoms with Crippen LogP contribution in [0.15, 0.2) is 23.4 Å². The van der Waals surface area contributed by atoms with Crippen molar-refractivity contribution in [2.75, 3.05) is 20.8 Å². The van der Waals surface area contributed by atoms with Gasteiger partial charge in [0.15, 0.2) is 11.5 Å². The molecule has 2 heterocycles. The molecule has 0 bridgehead atoms. The second-order valence-corrected chi connectivity index (χ2v) is 6.28. The number of hydrogen-bond acceptors (Lipinski definition) is 5. The summed E-state index contributed by atoms with van der Waals surface area (Å²) in [6, 6.07) is 5.87. The van der Waals surface area contributed by atoms with Gasteiger partial charge < -0.3 is 19.2 Å². The predicted octanol–water partition coefficient (Wildman–Crippen LogP) is 2.60. The van der Waals surface area contributed by atoms with Crippen LogP contribution in [0.3, 0.4) is 0 Å². The molecule has 6 nitrogen and oxygen atoms in total. The molecular weight excluding hydrogens is 308 g/mol. The molecule has 0 N–H and O–H groups in total. The summed E-state index contributed by atoms with van der Waals surface area (Å²) in [5.41, 5.74) is 1.65. The fourth-order valence-electron chi connectivity index (χ4n) is 3.31. The molecule has 0 unspecified atom stereocenters. The molecule has 1 aromatic carbocycles. The number of rotatable bonds is 4. The molecule has 0 aliphatic carbocycles. The van der Waals surface area contributed by atoms with Crippen LogP contribution in [0.25, 0.3) is 0 Å². The zero-order valence-electron chi connectivity index (χ0n) is 14.4. The van der Waals surface area contributed by atoms with Crippen molar-refractivity contribution in [3.8, 4) is 11.5 Å². The topological polar surface area (TPSA) is 60.4 Å². The van der Waals surface area contributed by atoms with E-state index in [9.17, 15) is 4.79 Å². The smallest absolute Gasteiger partial charge is 0.267 e. The van der Waals surface area contributed by atoms with Gasteiger partial charge in [-0.2, -0.15) is 0 Å². The standard InChI is InChI=1S/C18H24N2O4/c1-12-6-4-5-9-20(12)18(21)17-11-14(19-24-17)13-7-8-15(22-2)16(10-13)23-3/h7-8,10,12,17H,4-6,9,11H2,1-3H3/t12-,17-/m1/s1. The molecule has 1 saturated heterocycles. The molecule has 130 valence electrons. The first kappa shape index (κ1) is 16.6. The van der Waals surface area contributed by atoms with Gasteiger partial charge in [-0.3, -0.25) is 4.79 Å². The number of amides is 1. The van der Waals surface area contributed by atoms with E-state index in [-0.39, 0.29) is 11.9 Å². The Kier molecular flexibility index (Phi) is 4.92. The number of hydrogen-bond donors (Lipinski definition) is 0. The molecule has 0 radical (unpaired) electrons. The van der Waals surface area contributed by atoms with Crippen LogP contribution in [-0.4, -0.2) is 49.4 Å². The third kappa shape index (κ3) is 3.18. The SMILES string of the molecule is COc1ccc(C2=NO[C@@H](C(=O)N3CCCC[C@H]3C)C2)cc1OC. The molecule has 3 rings (SSSR count). The number of benzene rings is 1. The fourth-order valence-corrected chi connectivity index (χ4v) is 3.31. The maximum atomic E-state index is 12.7. The average molecular weight is 332 g/mol. The Balaban J connectivity index is 1.69. The Morgan fingerprint density at radius 3 is 2.75 bits per heavy atom. The van der Waals surface area contributed by atoms with Crippen molar-refractivity contribution in [2.24, 2.45) is 5.16 Å². The number of carbonyl (C=O) groups excluding carboxylic acids is 1. The van der Waals surface area contributed by atoms with Crippen LogP contribution in [0.4, 0.5) is 0 Å². The lowest BCUT2D eigenvalue weighted by atomic mass is 10.0. The summed E-state index contributed by atoms with van der Waals surface area (Å²) in [7, 11) is 3.20. The summed E-state index contributed by atoms with van der Waals surface area (Å²) in [4.78, 5) is 20.1. The number of carbonyl (C=O) groups is 1. The summed E-state index contributed by atoms with van der Waals surface area (Å²) in [5, 5.41) is 4.13. The quantitative estimate of drug-likeness (QED) is 0.850. The van der Waals surface area contributed by atoms with E-state index in [1.807, 2.05) is 23.1 Å². The lowest BCUT2D eigenvalue weighted by Gasteiger charge is -2.34. The second kappa shape index (κ2) is 7.11. The van der Waals surface area contributed by atoms with Crippen molar-refractivity contribution in [1.82, 2.24) is 4.90 Å². The van der Waals surface area contributed by atoms with Gasteiger partial charge in [0.1, 0.15) is 0 Å². The summed E-state index contributed by atoms with van der Waals surface area (Å²) >= 11 is 0. The van der Waals surface area contributed by atoms with E-state index in [4.69, 9.17) is 14.3 Å². The fraction of sp³-hybridized carbons (Fsp3) is 0.556. The Labute approximate surface area is 142 Å². The van der Waals surface area contributed by atoms with Gasteiger partial charge in [0.2, 0.25) is 6.10 Å². The minimum Gasteiger partial charge on any atom is -0.493 e. The highest BCUT2D eigenvalue weighted by Crippen LogP contribution is 2.30. The first-order valence-corrected chi connectivity index (χ1v) is 8.39. The van der Waals surface area contributed by atoms with Gasteiger partial charge in [-0.25, -0.2) is 0 Å². The lowest BCUT2D eigenvalue weighted by molar-refractivity contribution is -0.145. The maximum absolute atomic E-state index is 12.7. The molecule has 24 heavy (non-hydrogen) atoms. The molecule has 1 fully saturated rings. The van der Waals surface area contributed by atoms with E-state index in [0.717, 1.165) is 30.7 Å². The van der Waals surface area contributed by atoms with Crippen LogP contribution < -0.4 is 9.47 Å². The highest BCUT2D eigenvalue weighted by molar-refractivity contribution is 6.04. The molecule has 0 aromatic heterocycles. The minimum atomic E-state index is -0.520. The molecular formula is C18H24N2O4. The van der Waals surface area contributed by atoms with Crippen LogP contribution in [0.2, 0.25) is 0 Å². The third-order valence-corrected chi connectivity index (χ3v) is 4.75. The predicted molar refractivity (Wildman–Crippen MR) is 90.6 cm³/mol. The van der Waals surface area contributed by atoms with Gasteiger partial charge in [0.05, 0.1) is 19.9 Å². The number of methoxy groups -OCH3 is 2. The molecule has 6 heteroatoms. The summed E-state index contributed by atoms with van der Waals surface area (Å²) in [5.74, 6) is 1.34. The zero-order chi connectivity index (χ0) is 17.1. The summed E-state index contributed by atoms with van der Waals surface area (Å²) < 4.78 is 10.6. The van der Waals surface area contributed by atoms with Crippen molar-refractivity contribution >= 4 is 11.6 Å². The van der Waals surface area contributed by atoms with Crippen LogP contribution in [-0.2, 0) is 9.63 Å². The molecule has 2 atom stereocenters. The number of oxime groups is 1. The van der Waals surface area contributed by atoms with E-state index < -0.39 is 6.10 Å². The molecule has 0 saturated carbocycles. The Morgan fingerprint density at radius 1 is 1.25 bits per heavy atom. The van der Waals surface area contributed by atoms with E-state index in [0.29, 0.717) is 17.9 Å². The second-order valence-electron chi connectivity index (χ2n) is 6.28. The van der Waals surface area contributed by atoms with Gasteiger partial charge in [0.25, 0.3) is 5.91 Å². The number of likely N-dealkylation sites (tertiary alicyclic amines) is 1. The Hall–Kier alpha value is -2.24. The highest BCUT2D eigenvalue weighted by atomic mass is 16.6. The average Bonchev–Trinajstić information content (AvgIpc) is 3.11. The molecule has 2 aliphatic heterocycles. The number of piperidine rings is 1. The molecule has 1 amide bonds. The monoisotopic (exact) mass is 332 g/mol. The minimum absolute atomic E-state index is 0.0430. The van der Waals surface area contributed by atoms with Gasteiger partial charge >= 0.3 is 0 Å². The van der Waals surface area contributed by atoms with Crippen LogP contribution >= 0.6 is 0 Å². The largest absolute Gasteiger partial charge is 0.493 e. The number of ether oxygens (including phenoxy) is 2. The lowest BCUT2D eigenvalue weighted by Crippen LogP contribution is -2.47. The van der Waals surface area contributed by atoms with Crippen LogP contribution in [0, 0.1) is 0 Å². The van der Waals surface area contributed by atoms with Gasteiger partial charge in [-0.15, -0.1) is 0 Å². The zero-order valence-corrected chi connectivity index (χ0v) is 14.4. The van der Waals surface area contributed by atoms with Gasteiger partial charge in [-0.1, -0.05) is 5.16 Å². The molecule has 1 aromatic rings. The van der Waals surface area contributed by atoms with Crippen LogP contribution in [0.5, 0.6) is 11.5 Å².